The molecule has 2 amide bonds. The van der Waals surface area contributed by atoms with Gasteiger partial charge in [0.15, 0.2) is 0 Å². The maximum absolute atomic E-state index is 12.8. The van der Waals surface area contributed by atoms with Crippen molar-refractivity contribution in [3.8, 4) is 0 Å². The van der Waals surface area contributed by atoms with Gasteiger partial charge < -0.3 is 10.2 Å². The van der Waals surface area contributed by atoms with Crippen LogP contribution < -0.4 is 5.32 Å². The van der Waals surface area contributed by atoms with E-state index in [0.29, 0.717) is 31.7 Å². The van der Waals surface area contributed by atoms with Crippen molar-refractivity contribution in [2.75, 3.05) is 26.2 Å². The highest BCUT2D eigenvalue weighted by atomic mass is 32.2. The lowest BCUT2D eigenvalue weighted by atomic mass is 10.1. The van der Waals surface area contributed by atoms with E-state index in [-0.39, 0.29) is 16.7 Å². The van der Waals surface area contributed by atoms with Crippen LogP contribution >= 0.6 is 0 Å². The van der Waals surface area contributed by atoms with E-state index in [9.17, 15) is 18.0 Å². The smallest absolute Gasteiger partial charge is 0.254 e. The molecule has 8 heteroatoms. The highest BCUT2D eigenvalue weighted by molar-refractivity contribution is 7.89. The molecule has 0 radical (unpaired) electrons. The Hall–Kier alpha value is -1.93. The van der Waals surface area contributed by atoms with Crippen LogP contribution in [0.15, 0.2) is 29.2 Å². The van der Waals surface area contributed by atoms with Gasteiger partial charge in [-0.05, 0) is 44.0 Å². The van der Waals surface area contributed by atoms with Crippen molar-refractivity contribution in [3.05, 3.63) is 29.8 Å². The molecule has 1 aromatic carbocycles. The summed E-state index contributed by atoms with van der Waals surface area (Å²) in [6.07, 6.45) is 3.87. The van der Waals surface area contributed by atoms with Gasteiger partial charge in [-0.25, -0.2) is 8.42 Å². The van der Waals surface area contributed by atoms with Gasteiger partial charge in [0.05, 0.1) is 4.90 Å². The molecule has 3 rings (SSSR count). The topological polar surface area (TPSA) is 86.8 Å². The zero-order chi connectivity index (χ0) is 18.7. The number of piperazine rings is 1. The molecule has 2 saturated heterocycles. The second kappa shape index (κ2) is 7.75. The number of rotatable bonds is 3. The first kappa shape index (κ1) is 18.8. The summed E-state index contributed by atoms with van der Waals surface area (Å²) >= 11 is 0. The molecule has 7 nitrogen and oxygen atoms in total. The second-order valence-corrected chi connectivity index (χ2v) is 8.75. The molecule has 2 aliphatic heterocycles. The molecule has 2 aliphatic rings. The molecule has 0 aromatic heterocycles. The van der Waals surface area contributed by atoms with Gasteiger partial charge in [0.1, 0.15) is 6.04 Å². The summed E-state index contributed by atoms with van der Waals surface area (Å²) in [6.45, 7) is 3.65. The van der Waals surface area contributed by atoms with Crippen LogP contribution in [0.2, 0.25) is 0 Å². The number of benzene rings is 1. The summed E-state index contributed by atoms with van der Waals surface area (Å²) < 4.78 is 27.1. The lowest BCUT2D eigenvalue weighted by molar-refractivity contribution is -0.127. The number of nitrogens with zero attached hydrogens (tertiary/aromatic N) is 2. The van der Waals surface area contributed by atoms with E-state index in [4.69, 9.17) is 0 Å². The fourth-order valence-electron chi connectivity index (χ4n) is 3.43. The standard InChI is InChI=1S/C18H25N3O4S/c1-14-17(22)19-10-13-21(14)18(23)15-6-8-16(9-7-15)26(24,25)20-11-4-2-3-5-12-20/h6-9,14H,2-5,10-13H2,1H3,(H,19,22). The third-order valence-corrected chi connectivity index (χ3v) is 6.98. The summed E-state index contributed by atoms with van der Waals surface area (Å²) in [7, 11) is -3.53. The van der Waals surface area contributed by atoms with Crippen molar-refractivity contribution >= 4 is 21.8 Å². The molecule has 2 heterocycles. The molecule has 0 saturated carbocycles. The molecule has 26 heavy (non-hydrogen) atoms. The molecule has 1 atom stereocenters. The lowest BCUT2D eigenvalue weighted by Crippen LogP contribution is -2.55. The predicted octanol–water partition coefficient (Wildman–Crippen LogP) is 1.21. The van der Waals surface area contributed by atoms with Crippen molar-refractivity contribution in [2.24, 2.45) is 0 Å². The van der Waals surface area contributed by atoms with E-state index in [0.717, 1.165) is 25.7 Å². The summed E-state index contributed by atoms with van der Waals surface area (Å²) in [5, 5.41) is 2.72. The first-order valence-electron chi connectivity index (χ1n) is 9.10. The van der Waals surface area contributed by atoms with Gasteiger partial charge in [-0.1, -0.05) is 12.8 Å². The average molecular weight is 379 g/mol. The van der Waals surface area contributed by atoms with Gasteiger partial charge in [0.2, 0.25) is 15.9 Å². The Morgan fingerprint density at radius 3 is 2.27 bits per heavy atom. The Labute approximate surface area is 154 Å². The molecule has 142 valence electrons. The first-order valence-corrected chi connectivity index (χ1v) is 10.5. The SMILES string of the molecule is CC1C(=O)NCCN1C(=O)c1ccc(S(=O)(=O)N2CCCCCC2)cc1. The maximum atomic E-state index is 12.8. The first-order chi connectivity index (χ1) is 12.4. The molecule has 1 aromatic rings. The predicted molar refractivity (Wildman–Crippen MR) is 97.2 cm³/mol. The van der Waals surface area contributed by atoms with Gasteiger partial charge in [0, 0.05) is 31.7 Å². The van der Waals surface area contributed by atoms with Gasteiger partial charge in [-0.15, -0.1) is 0 Å². The fourth-order valence-corrected chi connectivity index (χ4v) is 4.94. The van der Waals surface area contributed by atoms with Crippen LogP contribution in [0.4, 0.5) is 0 Å². The Morgan fingerprint density at radius 1 is 1.04 bits per heavy atom. The van der Waals surface area contributed by atoms with Crippen LogP contribution in [0.25, 0.3) is 0 Å². The zero-order valence-corrected chi connectivity index (χ0v) is 15.8. The van der Waals surface area contributed by atoms with Crippen molar-refractivity contribution in [1.82, 2.24) is 14.5 Å². The molecular formula is C18H25N3O4S. The minimum atomic E-state index is -3.53. The number of hydrogen-bond acceptors (Lipinski definition) is 4. The monoisotopic (exact) mass is 379 g/mol. The molecule has 1 N–H and O–H groups in total. The van der Waals surface area contributed by atoms with E-state index < -0.39 is 16.1 Å². The van der Waals surface area contributed by atoms with Gasteiger partial charge in [0.25, 0.3) is 5.91 Å². The highest BCUT2D eigenvalue weighted by Crippen LogP contribution is 2.21. The van der Waals surface area contributed by atoms with E-state index in [1.165, 1.54) is 33.5 Å². The number of hydrogen-bond donors (Lipinski definition) is 1. The van der Waals surface area contributed by atoms with Crippen molar-refractivity contribution < 1.29 is 18.0 Å². The molecule has 0 spiro atoms. The zero-order valence-electron chi connectivity index (χ0n) is 15.0. The van der Waals surface area contributed by atoms with Gasteiger partial charge in [-0.3, -0.25) is 9.59 Å². The van der Waals surface area contributed by atoms with E-state index in [1.54, 1.807) is 6.92 Å². The molecule has 0 aliphatic carbocycles. The van der Waals surface area contributed by atoms with Crippen LogP contribution in [0, 0.1) is 0 Å². The van der Waals surface area contributed by atoms with Crippen LogP contribution in [0.3, 0.4) is 0 Å². The summed E-state index contributed by atoms with van der Waals surface area (Å²) in [6, 6.07) is 5.51. The van der Waals surface area contributed by atoms with Crippen molar-refractivity contribution in [3.63, 3.8) is 0 Å². The largest absolute Gasteiger partial charge is 0.353 e. The molecule has 0 bridgehead atoms. The average Bonchev–Trinajstić information content (AvgIpc) is 2.93. The number of carbonyl (C=O) groups excluding carboxylic acids is 2. The second-order valence-electron chi connectivity index (χ2n) is 6.81. The van der Waals surface area contributed by atoms with Gasteiger partial charge in [-0.2, -0.15) is 4.31 Å². The minimum Gasteiger partial charge on any atom is -0.353 e. The van der Waals surface area contributed by atoms with Crippen molar-refractivity contribution in [2.45, 2.75) is 43.5 Å². The quantitative estimate of drug-likeness (QED) is 0.855. The van der Waals surface area contributed by atoms with Crippen LogP contribution in [-0.2, 0) is 14.8 Å². The lowest BCUT2D eigenvalue weighted by Gasteiger charge is -2.32. The van der Waals surface area contributed by atoms with Crippen LogP contribution in [0.1, 0.15) is 43.0 Å². The molecule has 2 fully saturated rings. The van der Waals surface area contributed by atoms with E-state index >= 15 is 0 Å². The third kappa shape index (κ3) is 3.76. The minimum absolute atomic E-state index is 0.176. The van der Waals surface area contributed by atoms with Gasteiger partial charge >= 0.3 is 0 Å². The number of amides is 2. The van der Waals surface area contributed by atoms with E-state index in [2.05, 4.69) is 5.32 Å². The number of carbonyl (C=O) groups is 2. The number of sulfonamides is 1. The normalized spacial score (nSPS) is 22.6. The van der Waals surface area contributed by atoms with Crippen LogP contribution in [0.5, 0.6) is 0 Å². The molecule has 1 unspecified atom stereocenters. The van der Waals surface area contributed by atoms with Crippen LogP contribution in [-0.4, -0.2) is 61.7 Å². The summed E-state index contributed by atoms with van der Waals surface area (Å²) in [4.78, 5) is 26.1. The Morgan fingerprint density at radius 2 is 1.65 bits per heavy atom. The molecular weight excluding hydrogens is 354 g/mol. The Bertz CT molecular complexity index is 768. The van der Waals surface area contributed by atoms with Crippen molar-refractivity contribution in [1.29, 1.82) is 0 Å². The summed E-state index contributed by atoms with van der Waals surface area (Å²) in [5.41, 5.74) is 0.390. The maximum Gasteiger partial charge on any atom is 0.254 e. The highest BCUT2D eigenvalue weighted by Gasteiger charge is 2.30. The number of nitrogens with one attached hydrogen (secondary N) is 1. The Kier molecular flexibility index (Phi) is 5.62. The Balaban J connectivity index is 1.77. The third-order valence-electron chi connectivity index (χ3n) is 5.06. The van der Waals surface area contributed by atoms with E-state index in [1.807, 2.05) is 0 Å². The fraction of sp³-hybridized carbons (Fsp3) is 0.556. The summed E-state index contributed by atoms with van der Waals surface area (Å²) in [5.74, 6) is -0.434.